The van der Waals surface area contributed by atoms with Gasteiger partial charge in [0.2, 0.25) is 0 Å². The molecular formula is C12H18N2O2. The van der Waals surface area contributed by atoms with E-state index in [1.807, 2.05) is 0 Å². The highest BCUT2D eigenvalue weighted by atomic mass is 16.6. The molecule has 0 aromatic rings. The molecule has 1 saturated carbocycles. The molecule has 1 saturated heterocycles. The fraction of sp³-hybridized carbons (Fsp3) is 0.833. The first-order valence-corrected chi connectivity index (χ1v) is 5.95. The van der Waals surface area contributed by atoms with Crippen LogP contribution in [0.5, 0.6) is 0 Å². The number of rotatable bonds is 2. The molecule has 0 aromatic carbocycles. The van der Waals surface area contributed by atoms with Crippen LogP contribution in [0.1, 0.15) is 39.5 Å². The Kier molecular flexibility index (Phi) is 2.79. The molecule has 2 aliphatic rings. The highest BCUT2D eigenvalue weighted by Gasteiger charge is 2.52. The lowest BCUT2D eigenvalue weighted by Crippen LogP contribution is -2.61. The van der Waals surface area contributed by atoms with Gasteiger partial charge < -0.3 is 10.1 Å². The minimum absolute atomic E-state index is 0.0374. The van der Waals surface area contributed by atoms with Crippen molar-refractivity contribution in [2.45, 2.75) is 51.2 Å². The topological polar surface area (TPSA) is 62.1 Å². The van der Waals surface area contributed by atoms with E-state index in [0.717, 1.165) is 19.3 Å². The van der Waals surface area contributed by atoms with E-state index in [1.54, 1.807) is 0 Å². The fourth-order valence-corrected chi connectivity index (χ4v) is 3.18. The zero-order valence-electron chi connectivity index (χ0n) is 9.82. The number of fused-ring (bicyclic) bond motifs is 1. The Balaban J connectivity index is 2.28. The molecule has 1 aliphatic heterocycles. The summed E-state index contributed by atoms with van der Waals surface area (Å²) in [6, 6.07) is 2.21. The highest BCUT2D eigenvalue weighted by Crippen LogP contribution is 2.45. The van der Waals surface area contributed by atoms with Crippen molar-refractivity contribution in [1.82, 2.24) is 5.32 Å². The Labute approximate surface area is 96.0 Å². The van der Waals surface area contributed by atoms with Gasteiger partial charge in [-0.2, -0.15) is 5.26 Å². The number of carbonyl (C=O) groups is 1. The number of hydrogen-bond acceptors (Lipinski definition) is 3. The molecule has 0 radical (unpaired) electrons. The molecule has 3 atom stereocenters. The summed E-state index contributed by atoms with van der Waals surface area (Å²) in [6.45, 7) is 4.14. The van der Waals surface area contributed by atoms with Crippen molar-refractivity contribution in [3.8, 4) is 6.07 Å². The molecule has 1 amide bonds. The van der Waals surface area contributed by atoms with Gasteiger partial charge in [-0.1, -0.05) is 20.3 Å². The van der Waals surface area contributed by atoms with Crippen molar-refractivity contribution in [3.05, 3.63) is 0 Å². The zero-order valence-corrected chi connectivity index (χ0v) is 9.82. The van der Waals surface area contributed by atoms with Crippen LogP contribution in [-0.2, 0) is 4.74 Å². The van der Waals surface area contributed by atoms with E-state index in [0.29, 0.717) is 18.3 Å². The van der Waals surface area contributed by atoms with Gasteiger partial charge >= 0.3 is 6.09 Å². The molecule has 1 N–H and O–H groups in total. The maximum atomic E-state index is 11.6. The second kappa shape index (κ2) is 3.97. The first kappa shape index (κ1) is 11.3. The van der Waals surface area contributed by atoms with Crippen LogP contribution >= 0.6 is 0 Å². The minimum atomic E-state index is -0.355. The van der Waals surface area contributed by atoms with Gasteiger partial charge in [0.05, 0.1) is 18.0 Å². The summed E-state index contributed by atoms with van der Waals surface area (Å²) in [5.41, 5.74) is -0.320. The van der Waals surface area contributed by atoms with Gasteiger partial charge in [0, 0.05) is 5.92 Å². The molecule has 1 aliphatic carbocycles. The van der Waals surface area contributed by atoms with Gasteiger partial charge in [0.25, 0.3) is 0 Å². The van der Waals surface area contributed by atoms with Crippen molar-refractivity contribution >= 4 is 6.09 Å². The van der Waals surface area contributed by atoms with E-state index >= 15 is 0 Å². The third kappa shape index (κ3) is 1.64. The van der Waals surface area contributed by atoms with Crippen LogP contribution in [0.25, 0.3) is 0 Å². The van der Waals surface area contributed by atoms with Crippen molar-refractivity contribution in [3.63, 3.8) is 0 Å². The number of carbonyl (C=O) groups excluding carboxylic acids is 1. The smallest absolute Gasteiger partial charge is 0.407 e. The fourth-order valence-electron chi connectivity index (χ4n) is 3.18. The number of alkyl carbamates (subject to hydrolysis) is 1. The number of cyclic esters (lactones) is 1. The van der Waals surface area contributed by atoms with Crippen LogP contribution in [0.2, 0.25) is 0 Å². The lowest BCUT2D eigenvalue weighted by atomic mass is 9.76. The van der Waals surface area contributed by atoms with E-state index in [1.165, 1.54) is 0 Å². The number of amides is 1. The van der Waals surface area contributed by atoms with Gasteiger partial charge in [-0.3, -0.25) is 0 Å². The van der Waals surface area contributed by atoms with Crippen molar-refractivity contribution in [1.29, 1.82) is 5.26 Å². The molecule has 88 valence electrons. The molecule has 1 heterocycles. The second-order valence-corrected chi connectivity index (χ2v) is 5.23. The Morgan fingerprint density at radius 2 is 2.44 bits per heavy atom. The van der Waals surface area contributed by atoms with Gasteiger partial charge in [-0.05, 0) is 18.8 Å². The van der Waals surface area contributed by atoms with Crippen LogP contribution in [0.4, 0.5) is 4.79 Å². The van der Waals surface area contributed by atoms with Crippen molar-refractivity contribution in [2.24, 2.45) is 11.8 Å². The maximum Gasteiger partial charge on any atom is 0.407 e. The summed E-state index contributed by atoms with van der Waals surface area (Å²) in [5, 5.41) is 11.8. The van der Waals surface area contributed by atoms with Gasteiger partial charge in [0.1, 0.15) is 6.10 Å². The molecule has 2 rings (SSSR count). The van der Waals surface area contributed by atoms with Gasteiger partial charge in [-0.15, -0.1) is 0 Å². The van der Waals surface area contributed by atoms with Crippen molar-refractivity contribution in [2.75, 3.05) is 0 Å². The van der Waals surface area contributed by atoms with Gasteiger partial charge in [0.15, 0.2) is 0 Å². The van der Waals surface area contributed by atoms with E-state index in [9.17, 15) is 4.79 Å². The van der Waals surface area contributed by atoms with Crippen LogP contribution in [0.3, 0.4) is 0 Å². The number of nitrogens with zero attached hydrogens (tertiary/aromatic N) is 1. The molecule has 0 spiro atoms. The molecule has 0 unspecified atom stereocenters. The second-order valence-electron chi connectivity index (χ2n) is 5.23. The van der Waals surface area contributed by atoms with E-state index in [4.69, 9.17) is 10.00 Å². The Hall–Kier alpha value is -1.24. The summed E-state index contributed by atoms with van der Waals surface area (Å²) >= 11 is 0. The predicted octanol–water partition coefficient (Wildman–Crippen LogP) is 2.20. The third-order valence-corrected chi connectivity index (χ3v) is 3.89. The van der Waals surface area contributed by atoms with Crippen LogP contribution in [0.15, 0.2) is 0 Å². The van der Waals surface area contributed by atoms with E-state index in [2.05, 4.69) is 25.2 Å². The van der Waals surface area contributed by atoms with Crippen LogP contribution < -0.4 is 5.32 Å². The molecule has 4 nitrogen and oxygen atoms in total. The Morgan fingerprint density at radius 1 is 1.69 bits per heavy atom. The van der Waals surface area contributed by atoms with Crippen LogP contribution in [0, 0.1) is 23.2 Å². The number of nitrogens with one attached hydrogen (secondary N) is 1. The summed E-state index contributed by atoms with van der Waals surface area (Å²) in [6.07, 6.45) is 3.03. The summed E-state index contributed by atoms with van der Waals surface area (Å²) in [4.78, 5) is 11.6. The molecular weight excluding hydrogens is 204 g/mol. The number of hydrogen-bond donors (Lipinski definition) is 1. The van der Waals surface area contributed by atoms with Crippen LogP contribution in [-0.4, -0.2) is 17.7 Å². The molecule has 2 fully saturated rings. The quantitative estimate of drug-likeness (QED) is 0.779. The monoisotopic (exact) mass is 222 g/mol. The normalized spacial score (nSPS) is 37.5. The Bertz CT molecular complexity index is 334. The lowest BCUT2D eigenvalue weighted by Gasteiger charge is -2.44. The maximum absolute atomic E-state index is 11.6. The summed E-state index contributed by atoms with van der Waals surface area (Å²) < 4.78 is 5.37. The average molecular weight is 222 g/mol. The first-order chi connectivity index (χ1) is 7.59. The first-order valence-electron chi connectivity index (χ1n) is 5.95. The number of nitriles is 1. The van der Waals surface area contributed by atoms with E-state index in [-0.39, 0.29) is 17.7 Å². The lowest BCUT2D eigenvalue weighted by molar-refractivity contribution is -0.0291. The van der Waals surface area contributed by atoms with Crippen molar-refractivity contribution < 1.29 is 9.53 Å². The van der Waals surface area contributed by atoms with Gasteiger partial charge in [-0.25, -0.2) is 4.79 Å². The average Bonchev–Trinajstić information content (AvgIpc) is 2.59. The summed E-state index contributed by atoms with van der Waals surface area (Å²) in [7, 11) is 0. The predicted molar refractivity (Wildman–Crippen MR) is 58.5 cm³/mol. The minimum Gasteiger partial charge on any atom is -0.446 e. The molecule has 0 aromatic heterocycles. The Morgan fingerprint density at radius 3 is 3.06 bits per heavy atom. The number of ether oxygens (including phenoxy) is 1. The third-order valence-electron chi connectivity index (χ3n) is 3.89. The van der Waals surface area contributed by atoms with E-state index < -0.39 is 0 Å². The zero-order chi connectivity index (χ0) is 11.8. The SMILES string of the molecule is CC(C)[C@@H]1OC(=O)N[C@@]2(CC#N)CCC[C@@H]12. The highest BCUT2D eigenvalue weighted by molar-refractivity contribution is 5.70. The largest absolute Gasteiger partial charge is 0.446 e. The standard InChI is InChI=1S/C12H18N2O2/c1-8(2)10-9-4-3-5-12(9,6-7-13)14-11(15)16-10/h8-10H,3-6H2,1-2H3,(H,14,15)/t9-,10-,12+/m0/s1. The summed E-state index contributed by atoms with van der Waals surface area (Å²) in [5.74, 6) is 0.608. The molecule has 4 heteroatoms. The molecule has 16 heavy (non-hydrogen) atoms. The molecule has 0 bridgehead atoms.